The normalized spacial score (nSPS) is 11.5. The minimum atomic E-state index is -4.10. The molecule has 0 bridgehead atoms. The van der Waals surface area contributed by atoms with Crippen molar-refractivity contribution in [2.24, 2.45) is 0 Å². The quantitative estimate of drug-likeness (QED) is 0.603. The molecule has 0 aromatic carbocycles. The predicted octanol–water partition coefficient (Wildman–Crippen LogP) is 2.45. The molecule has 3 N–H and O–H groups in total. The summed E-state index contributed by atoms with van der Waals surface area (Å²) in [6, 6.07) is 8.67. The Labute approximate surface area is 137 Å². The van der Waals surface area contributed by atoms with Crippen LogP contribution in [0.2, 0.25) is 0 Å². The van der Waals surface area contributed by atoms with Crippen molar-refractivity contribution in [2.75, 3.05) is 12.4 Å². The summed E-state index contributed by atoms with van der Waals surface area (Å²) >= 11 is 0. The van der Waals surface area contributed by atoms with Gasteiger partial charge >= 0.3 is 7.60 Å². The SMILES string of the molecule is COc1ccc2c(Nc3ccc(CP(=O)(O)O)cn3)ccnc2n1. The highest BCUT2D eigenvalue weighted by Gasteiger charge is 2.14. The number of hydrogen-bond donors (Lipinski definition) is 3. The molecule has 0 amide bonds. The molecule has 0 aliphatic carbocycles. The van der Waals surface area contributed by atoms with Gasteiger partial charge in [-0.1, -0.05) is 6.07 Å². The van der Waals surface area contributed by atoms with Crippen LogP contribution in [0.15, 0.2) is 42.7 Å². The molecule has 0 radical (unpaired) electrons. The van der Waals surface area contributed by atoms with E-state index in [-0.39, 0.29) is 6.16 Å². The number of nitrogens with zero attached hydrogens (tertiary/aromatic N) is 3. The summed E-state index contributed by atoms with van der Waals surface area (Å²) in [5.74, 6) is 1.03. The van der Waals surface area contributed by atoms with Crippen molar-refractivity contribution in [3.63, 3.8) is 0 Å². The van der Waals surface area contributed by atoms with E-state index in [2.05, 4.69) is 20.3 Å². The van der Waals surface area contributed by atoms with E-state index in [1.807, 2.05) is 6.07 Å². The van der Waals surface area contributed by atoms with Crippen LogP contribution in [-0.2, 0) is 10.7 Å². The average Bonchev–Trinajstić information content (AvgIpc) is 2.55. The van der Waals surface area contributed by atoms with Crippen molar-refractivity contribution in [3.05, 3.63) is 48.3 Å². The summed E-state index contributed by atoms with van der Waals surface area (Å²) in [7, 11) is -2.56. The molecule has 3 heterocycles. The zero-order valence-corrected chi connectivity index (χ0v) is 13.6. The largest absolute Gasteiger partial charge is 0.481 e. The highest BCUT2D eigenvalue weighted by Crippen LogP contribution is 2.38. The maximum absolute atomic E-state index is 11.0. The fourth-order valence-electron chi connectivity index (χ4n) is 2.20. The van der Waals surface area contributed by atoms with E-state index >= 15 is 0 Å². The van der Waals surface area contributed by atoms with Gasteiger partial charge in [0.1, 0.15) is 5.82 Å². The molecule has 24 heavy (non-hydrogen) atoms. The molecular weight excluding hydrogens is 331 g/mol. The summed E-state index contributed by atoms with van der Waals surface area (Å²) in [5, 5.41) is 3.95. The fraction of sp³-hybridized carbons (Fsp3) is 0.133. The van der Waals surface area contributed by atoms with Crippen LogP contribution in [0, 0.1) is 0 Å². The lowest BCUT2D eigenvalue weighted by atomic mass is 10.2. The highest BCUT2D eigenvalue weighted by atomic mass is 31.2. The van der Waals surface area contributed by atoms with E-state index in [1.54, 1.807) is 37.6 Å². The summed E-state index contributed by atoms with van der Waals surface area (Å²) in [6.45, 7) is 0. The van der Waals surface area contributed by atoms with Gasteiger partial charge in [-0.05, 0) is 23.8 Å². The van der Waals surface area contributed by atoms with Crippen LogP contribution < -0.4 is 10.1 Å². The van der Waals surface area contributed by atoms with E-state index in [0.29, 0.717) is 22.9 Å². The van der Waals surface area contributed by atoms with Gasteiger partial charge in [-0.3, -0.25) is 4.57 Å². The molecule has 3 aromatic rings. The average molecular weight is 346 g/mol. The zero-order valence-electron chi connectivity index (χ0n) is 12.7. The lowest BCUT2D eigenvalue weighted by molar-refractivity contribution is 0.371. The summed E-state index contributed by atoms with van der Waals surface area (Å²) in [6.07, 6.45) is 2.73. The predicted molar refractivity (Wildman–Crippen MR) is 89.4 cm³/mol. The van der Waals surface area contributed by atoms with Crippen LogP contribution in [0.4, 0.5) is 11.5 Å². The molecule has 8 nitrogen and oxygen atoms in total. The maximum Gasteiger partial charge on any atom is 0.329 e. The number of pyridine rings is 3. The molecule has 3 aromatic heterocycles. The van der Waals surface area contributed by atoms with Crippen LogP contribution in [-0.4, -0.2) is 31.8 Å². The second-order valence-corrected chi connectivity index (χ2v) is 6.73. The first-order valence-electron chi connectivity index (χ1n) is 7.01. The van der Waals surface area contributed by atoms with Crippen molar-refractivity contribution in [1.82, 2.24) is 15.0 Å². The van der Waals surface area contributed by atoms with Gasteiger partial charge in [0, 0.05) is 23.8 Å². The van der Waals surface area contributed by atoms with Crippen LogP contribution >= 0.6 is 7.60 Å². The number of fused-ring (bicyclic) bond motifs is 1. The standard InChI is InChI=1S/C15H15N4O4P/c1-23-14-5-3-11-12(6-7-16-15(11)19-14)18-13-4-2-10(8-17-13)9-24(20,21)22/h2-8H,9H2,1H3,(H2,20,21,22)(H,16,17,18,19). The Morgan fingerprint density at radius 3 is 2.67 bits per heavy atom. The van der Waals surface area contributed by atoms with Crippen molar-refractivity contribution in [2.45, 2.75) is 6.16 Å². The topological polar surface area (TPSA) is 117 Å². The number of rotatable bonds is 5. The Kier molecular flexibility index (Phi) is 4.44. The van der Waals surface area contributed by atoms with Gasteiger partial charge < -0.3 is 19.8 Å². The van der Waals surface area contributed by atoms with Crippen LogP contribution in [0.1, 0.15) is 5.56 Å². The minimum absolute atomic E-state index is 0.331. The maximum atomic E-state index is 11.0. The number of ether oxygens (including phenoxy) is 1. The second kappa shape index (κ2) is 6.52. The van der Waals surface area contributed by atoms with Crippen LogP contribution in [0.5, 0.6) is 5.88 Å². The lowest BCUT2D eigenvalue weighted by Gasteiger charge is -2.10. The molecule has 0 fully saturated rings. The third-order valence-electron chi connectivity index (χ3n) is 3.26. The summed E-state index contributed by atoms with van der Waals surface area (Å²) < 4.78 is 16.1. The van der Waals surface area contributed by atoms with E-state index in [9.17, 15) is 4.57 Å². The Balaban J connectivity index is 1.86. The molecule has 0 aliphatic heterocycles. The third-order valence-corrected chi connectivity index (χ3v) is 4.04. The fourth-order valence-corrected chi connectivity index (χ4v) is 2.87. The Morgan fingerprint density at radius 2 is 2.00 bits per heavy atom. The summed E-state index contributed by atoms with van der Waals surface area (Å²) in [4.78, 5) is 30.6. The number of anilines is 2. The molecule has 9 heteroatoms. The van der Waals surface area contributed by atoms with Gasteiger partial charge in [0.25, 0.3) is 0 Å². The molecule has 0 saturated carbocycles. The molecule has 0 unspecified atom stereocenters. The van der Waals surface area contributed by atoms with Crippen molar-refractivity contribution < 1.29 is 19.1 Å². The van der Waals surface area contributed by atoms with Gasteiger partial charge in [-0.15, -0.1) is 0 Å². The number of methoxy groups -OCH3 is 1. The van der Waals surface area contributed by atoms with Gasteiger partial charge in [-0.25, -0.2) is 9.97 Å². The van der Waals surface area contributed by atoms with Crippen molar-refractivity contribution in [1.29, 1.82) is 0 Å². The Hall–Kier alpha value is -2.54. The Morgan fingerprint density at radius 1 is 1.17 bits per heavy atom. The molecule has 124 valence electrons. The molecule has 3 rings (SSSR count). The van der Waals surface area contributed by atoms with Crippen LogP contribution in [0.3, 0.4) is 0 Å². The Bertz CT molecular complexity index is 911. The molecular formula is C15H15N4O4P. The number of aromatic nitrogens is 3. The molecule has 0 spiro atoms. The van der Waals surface area contributed by atoms with E-state index in [4.69, 9.17) is 14.5 Å². The highest BCUT2D eigenvalue weighted by molar-refractivity contribution is 7.50. The molecule has 0 aliphatic rings. The van der Waals surface area contributed by atoms with E-state index in [0.717, 1.165) is 11.1 Å². The number of nitrogens with one attached hydrogen (secondary N) is 1. The van der Waals surface area contributed by atoms with Gasteiger partial charge in [0.15, 0.2) is 5.65 Å². The molecule has 0 saturated heterocycles. The monoisotopic (exact) mass is 346 g/mol. The number of hydrogen-bond acceptors (Lipinski definition) is 6. The zero-order chi connectivity index (χ0) is 17.2. The smallest absolute Gasteiger partial charge is 0.329 e. The second-order valence-electron chi connectivity index (χ2n) is 5.08. The van der Waals surface area contributed by atoms with E-state index < -0.39 is 7.60 Å². The van der Waals surface area contributed by atoms with Gasteiger partial charge in [-0.2, -0.15) is 4.98 Å². The first-order valence-corrected chi connectivity index (χ1v) is 8.81. The van der Waals surface area contributed by atoms with E-state index in [1.165, 1.54) is 6.20 Å². The summed E-state index contributed by atoms with van der Waals surface area (Å²) in [5.41, 5.74) is 1.78. The van der Waals surface area contributed by atoms with Crippen LogP contribution in [0.25, 0.3) is 11.0 Å². The lowest BCUT2D eigenvalue weighted by Crippen LogP contribution is -1.97. The third kappa shape index (κ3) is 3.86. The first kappa shape index (κ1) is 16.3. The minimum Gasteiger partial charge on any atom is -0.481 e. The van der Waals surface area contributed by atoms with Crippen molar-refractivity contribution in [3.8, 4) is 5.88 Å². The van der Waals surface area contributed by atoms with Gasteiger partial charge in [0.05, 0.1) is 19.0 Å². The van der Waals surface area contributed by atoms with Crippen molar-refractivity contribution >= 4 is 30.1 Å². The van der Waals surface area contributed by atoms with Gasteiger partial charge in [0.2, 0.25) is 5.88 Å². The first-order chi connectivity index (χ1) is 11.4. The molecule has 0 atom stereocenters.